The highest BCUT2D eigenvalue weighted by atomic mass is 16.2. The van der Waals surface area contributed by atoms with Crippen LogP contribution in [0.3, 0.4) is 0 Å². The minimum Gasteiger partial charge on any atom is -0.349 e. The Balaban J connectivity index is 1.14. The molecule has 2 amide bonds. The molecule has 1 aromatic heterocycles. The third-order valence-corrected chi connectivity index (χ3v) is 7.80. The van der Waals surface area contributed by atoms with Gasteiger partial charge in [-0.2, -0.15) is 0 Å². The van der Waals surface area contributed by atoms with Crippen LogP contribution < -0.4 is 10.6 Å². The molecule has 2 aliphatic carbocycles. The highest BCUT2D eigenvalue weighted by Crippen LogP contribution is 2.40. The molecule has 0 radical (unpaired) electrons. The normalized spacial score (nSPS) is 19.5. The number of aromatic amines is 1. The van der Waals surface area contributed by atoms with E-state index >= 15 is 0 Å². The molecule has 188 valence electrons. The first-order chi connectivity index (χ1) is 18.0. The maximum atomic E-state index is 12.9. The van der Waals surface area contributed by atoms with E-state index in [2.05, 4.69) is 27.8 Å². The molecule has 6 nitrogen and oxygen atoms in total. The molecule has 4 aromatic rings. The van der Waals surface area contributed by atoms with Crippen LogP contribution in [0.15, 0.2) is 66.7 Å². The van der Waals surface area contributed by atoms with E-state index in [1.165, 1.54) is 12.0 Å². The molecule has 2 fully saturated rings. The number of aryl methyl sites for hydroxylation is 1. The van der Waals surface area contributed by atoms with Crippen LogP contribution in [-0.4, -0.2) is 27.8 Å². The summed E-state index contributed by atoms with van der Waals surface area (Å²) in [5, 5.41) is 6.26. The maximum absolute atomic E-state index is 12.9. The van der Waals surface area contributed by atoms with Crippen LogP contribution in [0, 0.1) is 12.8 Å². The van der Waals surface area contributed by atoms with Gasteiger partial charge in [0.1, 0.15) is 5.82 Å². The molecule has 6 rings (SSSR count). The smallest absolute Gasteiger partial charge is 0.251 e. The fourth-order valence-corrected chi connectivity index (χ4v) is 5.57. The molecular formula is C31H32N4O2. The second-order valence-corrected chi connectivity index (χ2v) is 10.5. The summed E-state index contributed by atoms with van der Waals surface area (Å²) in [7, 11) is 0. The van der Waals surface area contributed by atoms with Gasteiger partial charge in [0.15, 0.2) is 0 Å². The van der Waals surface area contributed by atoms with Crippen molar-refractivity contribution in [1.29, 1.82) is 0 Å². The van der Waals surface area contributed by atoms with Gasteiger partial charge < -0.3 is 15.6 Å². The lowest BCUT2D eigenvalue weighted by Gasteiger charge is -2.21. The van der Waals surface area contributed by atoms with Crippen LogP contribution in [0.25, 0.3) is 22.4 Å². The number of carbonyl (C=O) groups excluding carboxylic acids is 2. The van der Waals surface area contributed by atoms with Gasteiger partial charge in [0.2, 0.25) is 5.91 Å². The van der Waals surface area contributed by atoms with Crippen molar-refractivity contribution >= 4 is 28.5 Å². The second kappa shape index (κ2) is 9.85. The van der Waals surface area contributed by atoms with E-state index < -0.39 is 0 Å². The zero-order valence-electron chi connectivity index (χ0n) is 21.1. The number of amides is 2. The molecule has 0 saturated heterocycles. The molecule has 2 unspecified atom stereocenters. The number of benzene rings is 3. The van der Waals surface area contributed by atoms with Crippen molar-refractivity contribution in [2.24, 2.45) is 5.92 Å². The predicted molar refractivity (Wildman–Crippen MR) is 147 cm³/mol. The summed E-state index contributed by atoms with van der Waals surface area (Å²) in [6.45, 7) is 2.02. The van der Waals surface area contributed by atoms with Crippen LogP contribution in [0.2, 0.25) is 0 Å². The third-order valence-electron chi connectivity index (χ3n) is 7.80. The average molecular weight is 493 g/mol. The largest absolute Gasteiger partial charge is 0.349 e. The minimum atomic E-state index is -0.0656. The predicted octanol–water partition coefficient (Wildman–Crippen LogP) is 6.34. The van der Waals surface area contributed by atoms with Gasteiger partial charge in [-0.3, -0.25) is 9.59 Å². The van der Waals surface area contributed by atoms with E-state index in [-0.39, 0.29) is 23.8 Å². The Morgan fingerprint density at radius 2 is 1.76 bits per heavy atom. The molecule has 3 aromatic carbocycles. The second-order valence-electron chi connectivity index (χ2n) is 10.5. The van der Waals surface area contributed by atoms with Gasteiger partial charge in [-0.15, -0.1) is 0 Å². The zero-order chi connectivity index (χ0) is 25.4. The Morgan fingerprint density at radius 1 is 0.946 bits per heavy atom. The van der Waals surface area contributed by atoms with Gasteiger partial charge in [0, 0.05) is 34.7 Å². The Hall–Kier alpha value is -3.93. The first-order valence-corrected chi connectivity index (χ1v) is 13.3. The number of nitrogens with one attached hydrogen (secondary N) is 3. The van der Waals surface area contributed by atoms with Crippen molar-refractivity contribution in [2.75, 3.05) is 5.32 Å². The molecule has 37 heavy (non-hydrogen) atoms. The number of carbonyl (C=O) groups is 2. The first-order valence-electron chi connectivity index (χ1n) is 13.3. The number of fused-ring (bicyclic) bond motifs is 1. The molecule has 2 atom stereocenters. The van der Waals surface area contributed by atoms with Gasteiger partial charge in [-0.05, 0) is 73.7 Å². The Morgan fingerprint density at radius 3 is 2.54 bits per heavy atom. The van der Waals surface area contributed by atoms with Gasteiger partial charge >= 0.3 is 0 Å². The third kappa shape index (κ3) is 5.01. The molecule has 2 saturated carbocycles. The SMILES string of the molecule is Cc1cc(NC(=O)C2CCCCC2)ccc1-c1nc2cc(C(=O)NC3CC3c3ccccc3)ccc2[nH]1. The molecule has 0 spiro atoms. The molecule has 0 bridgehead atoms. The van der Waals surface area contributed by atoms with Crippen LogP contribution in [0.4, 0.5) is 5.69 Å². The van der Waals surface area contributed by atoms with Gasteiger partial charge in [0.25, 0.3) is 5.91 Å². The van der Waals surface area contributed by atoms with Crippen molar-refractivity contribution in [3.8, 4) is 11.4 Å². The highest BCUT2D eigenvalue weighted by Gasteiger charge is 2.39. The topological polar surface area (TPSA) is 86.9 Å². The standard InChI is InChI=1S/C31H32N4O2/c1-19-16-23(32-30(36)21-10-6-3-7-11-21)13-14-24(19)29-33-26-15-12-22(17-28(26)34-29)31(37)35-27-18-25(27)20-8-4-2-5-9-20/h2,4-5,8-9,12-17,21,25,27H,3,6-7,10-11,18H2,1H3,(H,32,36)(H,33,34)(H,35,37). The fourth-order valence-electron chi connectivity index (χ4n) is 5.57. The van der Waals surface area contributed by atoms with E-state index in [4.69, 9.17) is 4.98 Å². The first kappa shape index (κ1) is 23.5. The Bertz CT molecular complexity index is 1450. The van der Waals surface area contributed by atoms with E-state index in [0.29, 0.717) is 11.5 Å². The van der Waals surface area contributed by atoms with Gasteiger partial charge in [-0.1, -0.05) is 49.6 Å². The van der Waals surface area contributed by atoms with Crippen LogP contribution in [0.5, 0.6) is 0 Å². The molecule has 1 heterocycles. The number of H-pyrrole nitrogens is 1. The summed E-state index contributed by atoms with van der Waals surface area (Å²) in [5.41, 5.74) is 6.35. The number of aromatic nitrogens is 2. The van der Waals surface area contributed by atoms with Gasteiger partial charge in [0.05, 0.1) is 11.0 Å². The molecule has 2 aliphatic rings. The lowest BCUT2D eigenvalue weighted by molar-refractivity contribution is -0.120. The summed E-state index contributed by atoms with van der Waals surface area (Å²) in [6.07, 6.45) is 6.45. The lowest BCUT2D eigenvalue weighted by Crippen LogP contribution is -2.26. The van der Waals surface area contributed by atoms with E-state index in [9.17, 15) is 9.59 Å². The quantitative estimate of drug-likeness (QED) is 0.293. The number of anilines is 1. The number of hydrogen-bond acceptors (Lipinski definition) is 3. The zero-order valence-corrected chi connectivity index (χ0v) is 21.1. The van der Waals surface area contributed by atoms with E-state index in [1.54, 1.807) is 0 Å². The van der Waals surface area contributed by atoms with Crippen molar-refractivity contribution in [3.05, 3.63) is 83.4 Å². The minimum absolute atomic E-state index is 0.0656. The number of imidazole rings is 1. The molecular weight excluding hydrogens is 460 g/mol. The maximum Gasteiger partial charge on any atom is 0.251 e. The summed E-state index contributed by atoms with van der Waals surface area (Å²) in [6, 6.07) is 22.0. The molecule has 3 N–H and O–H groups in total. The lowest BCUT2D eigenvalue weighted by atomic mass is 9.88. The van der Waals surface area contributed by atoms with Crippen molar-refractivity contribution in [1.82, 2.24) is 15.3 Å². The average Bonchev–Trinajstić information content (AvgIpc) is 3.56. The van der Waals surface area contributed by atoms with E-state index in [0.717, 1.165) is 65.8 Å². The summed E-state index contributed by atoms with van der Waals surface area (Å²) in [5.74, 6) is 1.33. The Labute approximate surface area is 216 Å². The van der Waals surface area contributed by atoms with Crippen LogP contribution in [0.1, 0.15) is 65.9 Å². The number of rotatable bonds is 6. The van der Waals surface area contributed by atoms with Crippen molar-refractivity contribution in [3.63, 3.8) is 0 Å². The van der Waals surface area contributed by atoms with Crippen molar-refractivity contribution < 1.29 is 9.59 Å². The number of hydrogen-bond donors (Lipinski definition) is 3. The molecule has 6 heteroatoms. The fraction of sp³-hybridized carbons (Fsp3) is 0.323. The Kier molecular flexibility index (Phi) is 6.25. The molecule has 0 aliphatic heterocycles. The van der Waals surface area contributed by atoms with Gasteiger partial charge in [-0.25, -0.2) is 4.98 Å². The highest BCUT2D eigenvalue weighted by molar-refractivity contribution is 5.98. The summed E-state index contributed by atoms with van der Waals surface area (Å²) < 4.78 is 0. The van der Waals surface area contributed by atoms with E-state index in [1.807, 2.05) is 61.5 Å². The van der Waals surface area contributed by atoms with Crippen LogP contribution in [-0.2, 0) is 4.79 Å². The number of nitrogens with zero attached hydrogens (tertiary/aromatic N) is 1. The van der Waals surface area contributed by atoms with Crippen LogP contribution >= 0.6 is 0 Å². The summed E-state index contributed by atoms with van der Waals surface area (Å²) in [4.78, 5) is 33.7. The van der Waals surface area contributed by atoms with Crippen molar-refractivity contribution in [2.45, 2.75) is 57.4 Å². The monoisotopic (exact) mass is 492 g/mol. The summed E-state index contributed by atoms with van der Waals surface area (Å²) >= 11 is 0.